The van der Waals surface area contributed by atoms with E-state index in [9.17, 15) is 13.6 Å². The van der Waals surface area contributed by atoms with Crippen LogP contribution >= 0.6 is 34.6 Å². The van der Waals surface area contributed by atoms with E-state index in [1.54, 1.807) is 22.9 Å². The first-order chi connectivity index (χ1) is 11.4. The molecule has 2 aromatic rings. The first-order valence-electron chi connectivity index (χ1n) is 7.58. The molecular weight excluding hydrogens is 449 g/mol. The van der Waals surface area contributed by atoms with E-state index >= 15 is 0 Å². The molecule has 1 fully saturated rings. The van der Waals surface area contributed by atoms with Gasteiger partial charge in [0, 0.05) is 31.0 Å². The number of nitrogens with zero attached hydrogens (tertiary/aromatic N) is 4. The number of likely N-dealkylation sites (N-methyl/N-ethyl adjacent to an activating group) is 1. The van der Waals surface area contributed by atoms with Crippen molar-refractivity contribution in [2.75, 3.05) is 37.3 Å². The topological polar surface area (TPSA) is 41.4 Å². The van der Waals surface area contributed by atoms with Crippen LogP contribution in [-0.4, -0.2) is 51.1 Å². The largest absolute Gasteiger partial charge is 0.359 e. The Bertz CT molecular complexity index is 919. The Morgan fingerprint density at radius 3 is 2.79 bits per heavy atom. The van der Waals surface area contributed by atoms with Crippen molar-refractivity contribution in [2.24, 2.45) is 0 Å². The van der Waals surface area contributed by atoms with Gasteiger partial charge in [0.15, 0.2) is 5.82 Å². The van der Waals surface area contributed by atoms with E-state index < -0.39 is 17.3 Å². The third kappa shape index (κ3) is 2.27. The molecule has 1 saturated heterocycles. The molecule has 0 amide bonds. The van der Waals surface area contributed by atoms with Gasteiger partial charge in [0.1, 0.15) is 17.2 Å². The van der Waals surface area contributed by atoms with Gasteiger partial charge >= 0.3 is 5.69 Å². The van der Waals surface area contributed by atoms with Gasteiger partial charge in [-0.15, -0.1) is 11.8 Å². The van der Waals surface area contributed by atoms with Gasteiger partial charge < -0.3 is 9.80 Å². The molecule has 2 aliphatic heterocycles. The van der Waals surface area contributed by atoms with Crippen molar-refractivity contribution >= 4 is 51.3 Å². The molecule has 9 heteroatoms. The molecule has 0 aliphatic carbocycles. The number of piperazine rings is 1. The van der Waals surface area contributed by atoms with Gasteiger partial charge in [-0.05, 0) is 14.0 Å². The lowest BCUT2D eigenvalue weighted by Gasteiger charge is -2.39. The molecule has 0 N–H and O–H groups in total. The van der Waals surface area contributed by atoms with Crippen molar-refractivity contribution in [3.8, 4) is 0 Å². The van der Waals surface area contributed by atoms with E-state index in [4.69, 9.17) is 0 Å². The van der Waals surface area contributed by atoms with Gasteiger partial charge in [0.05, 0.1) is 39.2 Å². The van der Waals surface area contributed by atoms with Gasteiger partial charge in [-0.25, -0.2) is 16.4 Å². The molecule has 1 aromatic heterocycles. The lowest BCUT2D eigenvalue weighted by molar-refractivity contribution is 0.277. The molecule has 24 heavy (non-hydrogen) atoms. The quantitative estimate of drug-likeness (QED) is 0.561. The molecule has 1 atom stereocenters. The van der Waals surface area contributed by atoms with Crippen LogP contribution in [0, 0.1) is 18.6 Å². The van der Waals surface area contributed by atoms with Crippen molar-refractivity contribution in [3.05, 3.63) is 27.7 Å². The number of aromatic nitrogens is 2. The van der Waals surface area contributed by atoms with Crippen LogP contribution in [0.5, 0.6) is 0 Å². The summed E-state index contributed by atoms with van der Waals surface area (Å²) in [6.45, 7) is 3.73. The Hall–Kier alpha value is -0.940. The number of rotatable bonds is 0. The first kappa shape index (κ1) is 16.5. The van der Waals surface area contributed by atoms with Crippen LogP contribution in [0.3, 0.4) is 0 Å². The molecule has 0 saturated carbocycles. The van der Waals surface area contributed by atoms with Gasteiger partial charge in [-0.3, -0.25) is 0 Å². The second kappa shape index (κ2) is 5.80. The zero-order valence-electron chi connectivity index (χ0n) is 13.1. The number of halogens is 3. The zero-order chi connectivity index (χ0) is 17.2. The fraction of sp³-hybridized carbons (Fsp3) is 0.467. The minimum absolute atomic E-state index is 0.0519. The van der Waals surface area contributed by atoms with Crippen LogP contribution in [0.4, 0.5) is 14.6 Å². The summed E-state index contributed by atoms with van der Waals surface area (Å²) in [4.78, 5) is 21.1. The smallest absolute Gasteiger partial charge is 0.349 e. The van der Waals surface area contributed by atoms with E-state index in [-0.39, 0.29) is 17.1 Å². The van der Waals surface area contributed by atoms with Crippen LogP contribution in [0.1, 0.15) is 5.56 Å². The van der Waals surface area contributed by atoms with Crippen molar-refractivity contribution in [2.45, 2.75) is 17.9 Å². The average Bonchev–Trinajstić information content (AvgIpc) is 2.70. The molecule has 2 aliphatic rings. The molecular formula is C15H15F2IN4OS. The SMILES string of the molecule is Cc1c(F)c2c3c(nc(=O)n(I)c3c1F)N1CCN(C)CC1CS2. The number of benzene rings is 1. The molecule has 1 unspecified atom stereocenters. The average molecular weight is 464 g/mol. The molecule has 128 valence electrons. The molecule has 0 bridgehead atoms. The summed E-state index contributed by atoms with van der Waals surface area (Å²) in [6.07, 6.45) is 0. The predicted molar refractivity (Wildman–Crippen MR) is 99.4 cm³/mol. The maximum absolute atomic E-state index is 14.8. The Morgan fingerprint density at radius 1 is 1.29 bits per heavy atom. The Kier molecular flexibility index (Phi) is 4.00. The maximum atomic E-state index is 14.8. The Morgan fingerprint density at radius 2 is 2.04 bits per heavy atom. The second-order valence-corrected chi connectivity index (χ2v) is 8.22. The number of hydrogen-bond donors (Lipinski definition) is 0. The molecule has 0 spiro atoms. The van der Waals surface area contributed by atoms with Crippen LogP contribution in [0.15, 0.2) is 9.69 Å². The monoisotopic (exact) mass is 464 g/mol. The minimum Gasteiger partial charge on any atom is -0.349 e. The highest BCUT2D eigenvalue weighted by atomic mass is 127. The van der Waals surface area contributed by atoms with Crippen LogP contribution in [-0.2, 0) is 0 Å². The van der Waals surface area contributed by atoms with Gasteiger partial charge in [-0.2, -0.15) is 4.98 Å². The van der Waals surface area contributed by atoms with Gasteiger partial charge in [0.2, 0.25) is 0 Å². The van der Waals surface area contributed by atoms with Crippen molar-refractivity contribution < 1.29 is 8.78 Å². The summed E-state index contributed by atoms with van der Waals surface area (Å²) in [5.41, 5.74) is -0.450. The number of anilines is 1. The van der Waals surface area contributed by atoms with E-state index in [1.165, 1.54) is 18.7 Å². The fourth-order valence-electron chi connectivity index (χ4n) is 3.40. The molecule has 1 aromatic carbocycles. The summed E-state index contributed by atoms with van der Waals surface area (Å²) in [7, 11) is 2.04. The maximum Gasteiger partial charge on any atom is 0.359 e. The van der Waals surface area contributed by atoms with Crippen LogP contribution in [0.2, 0.25) is 0 Å². The fourth-order valence-corrected chi connectivity index (χ4v) is 5.22. The summed E-state index contributed by atoms with van der Waals surface area (Å²) in [5.74, 6) is -0.141. The Labute approximate surface area is 155 Å². The lowest BCUT2D eigenvalue weighted by atomic mass is 10.1. The standard InChI is InChI=1S/C15H15F2IN4OS/c1-7-10(16)12-9-13(11(7)17)24-6-8-5-20(2)3-4-21(8)14(9)19-15(23)22(12)18/h8H,3-6H2,1-2H3. The molecule has 0 radical (unpaired) electrons. The lowest BCUT2D eigenvalue weighted by Crippen LogP contribution is -2.53. The number of hydrogen-bond acceptors (Lipinski definition) is 5. The van der Waals surface area contributed by atoms with E-state index in [2.05, 4.69) is 9.88 Å². The normalized spacial score (nSPS) is 21.0. The zero-order valence-corrected chi connectivity index (χ0v) is 16.1. The van der Waals surface area contributed by atoms with E-state index in [1.807, 2.05) is 11.9 Å². The summed E-state index contributed by atoms with van der Waals surface area (Å²) in [6, 6.07) is 0.115. The first-order valence-corrected chi connectivity index (χ1v) is 9.53. The minimum atomic E-state index is -0.686. The van der Waals surface area contributed by atoms with Crippen molar-refractivity contribution in [1.29, 1.82) is 0 Å². The molecule has 3 heterocycles. The highest BCUT2D eigenvalue weighted by molar-refractivity contribution is 14.1. The van der Waals surface area contributed by atoms with Crippen molar-refractivity contribution in [3.63, 3.8) is 0 Å². The Balaban J connectivity index is 2.11. The third-order valence-electron chi connectivity index (χ3n) is 4.70. The highest BCUT2D eigenvalue weighted by Crippen LogP contribution is 2.43. The summed E-state index contributed by atoms with van der Waals surface area (Å²) >= 11 is 3.12. The summed E-state index contributed by atoms with van der Waals surface area (Å²) < 4.78 is 30.7. The van der Waals surface area contributed by atoms with E-state index in [0.29, 0.717) is 28.4 Å². The summed E-state index contributed by atoms with van der Waals surface area (Å²) in [5, 5.41) is 0.418. The van der Waals surface area contributed by atoms with E-state index in [0.717, 1.165) is 15.9 Å². The number of fused-ring (bicyclic) bond motifs is 2. The predicted octanol–water partition coefficient (Wildman–Crippen LogP) is 2.41. The second-order valence-electron chi connectivity index (χ2n) is 6.22. The van der Waals surface area contributed by atoms with Gasteiger partial charge in [0.25, 0.3) is 0 Å². The molecule has 4 rings (SSSR count). The molecule has 5 nitrogen and oxygen atoms in total. The third-order valence-corrected chi connectivity index (χ3v) is 6.82. The van der Waals surface area contributed by atoms with Crippen LogP contribution in [0.25, 0.3) is 10.9 Å². The van der Waals surface area contributed by atoms with Crippen molar-refractivity contribution in [1.82, 2.24) is 12.7 Å². The highest BCUT2D eigenvalue weighted by Gasteiger charge is 2.34. The van der Waals surface area contributed by atoms with Gasteiger partial charge in [-0.1, -0.05) is 0 Å². The number of thioether (sulfide) groups is 1. The van der Waals surface area contributed by atoms with Crippen LogP contribution < -0.4 is 10.6 Å².